The fourth-order valence-corrected chi connectivity index (χ4v) is 2.64. The number of carboxylic acid groups (broad SMARTS) is 1. The molecule has 1 N–H and O–H groups in total. The standard InChI is InChI=1S/C13H23O2/c1-2-3-4-5-8-11-9-6-7-10-12(11)13(14)15/h11-12H,1-10H2,(H,14,15). The number of rotatable bonds is 6. The molecule has 2 unspecified atom stereocenters. The highest BCUT2D eigenvalue weighted by Gasteiger charge is 2.29. The monoisotopic (exact) mass is 211 g/mol. The summed E-state index contributed by atoms with van der Waals surface area (Å²) in [6.07, 6.45) is 10.1. The predicted molar refractivity (Wildman–Crippen MR) is 61.5 cm³/mol. The van der Waals surface area contributed by atoms with Gasteiger partial charge >= 0.3 is 5.97 Å². The van der Waals surface area contributed by atoms with Crippen molar-refractivity contribution in [3.8, 4) is 0 Å². The van der Waals surface area contributed by atoms with E-state index in [2.05, 4.69) is 6.92 Å². The quantitative estimate of drug-likeness (QED) is 0.681. The van der Waals surface area contributed by atoms with Gasteiger partial charge in [-0.05, 0) is 25.2 Å². The summed E-state index contributed by atoms with van der Waals surface area (Å²) in [7, 11) is 0. The third-order valence-corrected chi connectivity index (χ3v) is 3.55. The zero-order chi connectivity index (χ0) is 11.1. The Morgan fingerprint density at radius 1 is 1.20 bits per heavy atom. The van der Waals surface area contributed by atoms with Crippen molar-refractivity contribution in [3.63, 3.8) is 0 Å². The Labute approximate surface area is 93.1 Å². The van der Waals surface area contributed by atoms with Crippen molar-refractivity contribution in [2.75, 3.05) is 0 Å². The number of hydrogen-bond donors (Lipinski definition) is 1. The molecular weight excluding hydrogens is 188 g/mol. The highest BCUT2D eigenvalue weighted by molar-refractivity contribution is 5.70. The molecule has 0 spiro atoms. The molecule has 1 aliphatic carbocycles. The third kappa shape index (κ3) is 4.23. The van der Waals surface area contributed by atoms with Crippen LogP contribution in [0, 0.1) is 18.8 Å². The molecule has 0 aromatic carbocycles. The zero-order valence-corrected chi connectivity index (χ0v) is 9.58. The number of hydrogen-bond acceptors (Lipinski definition) is 1. The van der Waals surface area contributed by atoms with Gasteiger partial charge in [-0.15, -0.1) is 0 Å². The zero-order valence-electron chi connectivity index (χ0n) is 9.58. The van der Waals surface area contributed by atoms with Crippen LogP contribution in [0.5, 0.6) is 0 Å². The van der Waals surface area contributed by atoms with Crippen molar-refractivity contribution in [1.82, 2.24) is 0 Å². The fraction of sp³-hybridized carbons (Fsp3) is 0.846. The van der Waals surface area contributed by atoms with Gasteiger partial charge in [-0.1, -0.05) is 45.4 Å². The number of carboxylic acids is 1. The Hall–Kier alpha value is -0.530. The molecule has 1 fully saturated rings. The van der Waals surface area contributed by atoms with Crippen LogP contribution in [-0.4, -0.2) is 11.1 Å². The molecule has 2 atom stereocenters. The van der Waals surface area contributed by atoms with Crippen molar-refractivity contribution in [3.05, 3.63) is 6.92 Å². The minimum absolute atomic E-state index is 0.0569. The van der Waals surface area contributed by atoms with E-state index in [1.165, 1.54) is 25.7 Å². The highest BCUT2D eigenvalue weighted by Crippen LogP contribution is 2.33. The van der Waals surface area contributed by atoms with E-state index >= 15 is 0 Å². The molecule has 0 amide bonds. The van der Waals surface area contributed by atoms with Crippen LogP contribution in [0.25, 0.3) is 0 Å². The molecule has 1 radical (unpaired) electrons. The van der Waals surface area contributed by atoms with Crippen LogP contribution in [0.4, 0.5) is 0 Å². The molecule has 0 aromatic heterocycles. The third-order valence-electron chi connectivity index (χ3n) is 3.55. The molecule has 1 saturated carbocycles. The second-order valence-corrected chi connectivity index (χ2v) is 4.69. The van der Waals surface area contributed by atoms with Gasteiger partial charge in [0.2, 0.25) is 0 Å². The molecule has 0 bridgehead atoms. The van der Waals surface area contributed by atoms with E-state index in [1.54, 1.807) is 0 Å². The van der Waals surface area contributed by atoms with E-state index < -0.39 is 5.97 Å². The molecular formula is C13H23O2. The lowest BCUT2D eigenvalue weighted by molar-refractivity contribution is -0.145. The minimum atomic E-state index is -0.572. The molecule has 87 valence electrons. The van der Waals surface area contributed by atoms with Crippen LogP contribution in [-0.2, 0) is 4.79 Å². The predicted octanol–water partition coefficient (Wildman–Crippen LogP) is 3.66. The maximum atomic E-state index is 11.0. The van der Waals surface area contributed by atoms with Gasteiger partial charge in [0.1, 0.15) is 0 Å². The maximum Gasteiger partial charge on any atom is 0.306 e. The van der Waals surface area contributed by atoms with Crippen LogP contribution in [0.3, 0.4) is 0 Å². The average Bonchev–Trinajstić information content (AvgIpc) is 2.25. The molecule has 1 rings (SSSR count). The maximum absolute atomic E-state index is 11.0. The first-order valence-corrected chi connectivity index (χ1v) is 6.27. The Morgan fingerprint density at radius 2 is 1.93 bits per heavy atom. The molecule has 0 aliphatic heterocycles. The highest BCUT2D eigenvalue weighted by atomic mass is 16.4. The summed E-state index contributed by atoms with van der Waals surface area (Å²) in [5, 5.41) is 9.10. The van der Waals surface area contributed by atoms with Crippen LogP contribution in [0.15, 0.2) is 0 Å². The second kappa shape index (κ2) is 6.86. The van der Waals surface area contributed by atoms with E-state index in [4.69, 9.17) is 5.11 Å². The SMILES string of the molecule is [CH2]CCCCCC1CCCCC1C(=O)O. The summed E-state index contributed by atoms with van der Waals surface area (Å²) in [6.45, 7) is 3.82. The number of unbranched alkanes of at least 4 members (excludes halogenated alkanes) is 3. The molecule has 2 heteroatoms. The Morgan fingerprint density at radius 3 is 2.60 bits per heavy atom. The van der Waals surface area contributed by atoms with Gasteiger partial charge in [0.05, 0.1) is 5.92 Å². The molecule has 15 heavy (non-hydrogen) atoms. The van der Waals surface area contributed by atoms with Gasteiger partial charge in [-0.2, -0.15) is 0 Å². The lowest BCUT2D eigenvalue weighted by Gasteiger charge is -2.28. The van der Waals surface area contributed by atoms with Gasteiger partial charge in [0, 0.05) is 0 Å². The first-order chi connectivity index (χ1) is 7.25. The Balaban J connectivity index is 2.26. The van der Waals surface area contributed by atoms with Crippen LogP contribution >= 0.6 is 0 Å². The normalized spacial score (nSPS) is 26.5. The fourth-order valence-electron chi connectivity index (χ4n) is 2.64. The molecule has 0 heterocycles. The van der Waals surface area contributed by atoms with E-state index in [0.29, 0.717) is 5.92 Å². The summed E-state index contributed by atoms with van der Waals surface area (Å²) in [4.78, 5) is 11.0. The van der Waals surface area contributed by atoms with Crippen molar-refractivity contribution in [2.45, 2.75) is 57.8 Å². The lowest BCUT2D eigenvalue weighted by Crippen LogP contribution is -2.26. The van der Waals surface area contributed by atoms with Crippen molar-refractivity contribution in [1.29, 1.82) is 0 Å². The molecule has 2 nitrogen and oxygen atoms in total. The van der Waals surface area contributed by atoms with E-state index in [1.807, 2.05) is 0 Å². The largest absolute Gasteiger partial charge is 0.481 e. The van der Waals surface area contributed by atoms with Crippen molar-refractivity contribution < 1.29 is 9.90 Å². The molecule has 0 saturated heterocycles. The van der Waals surface area contributed by atoms with Gasteiger partial charge in [0.15, 0.2) is 0 Å². The smallest absolute Gasteiger partial charge is 0.306 e. The number of aliphatic carboxylic acids is 1. The van der Waals surface area contributed by atoms with Gasteiger partial charge < -0.3 is 5.11 Å². The summed E-state index contributed by atoms with van der Waals surface area (Å²) in [5.74, 6) is -0.184. The minimum Gasteiger partial charge on any atom is -0.481 e. The van der Waals surface area contributed by atoms with Gasteiger partial charge in [0.25, 0.3) is 0 Å². The van der Waals surface area contributed by atoms with Crippen molar-refractivity contribution >= 4 is 5.97 Å². The van der Waals surface area contributed by atoms with E-state index in [-0.39, 0.29) is 5.92 Å². The molecule has 1 aliphatic rings. The van der Waals surface area contributed by atoms with Crippen molar-refractivity contribution in [2.24, 2.45) is 11.8 Å². The van der Waals surface area contributed by atoms with Gasteiger partial charge in [-0.3, -0.25) is 4.79 Å². The summed E-state index contributed by atoms with van der Waals surface area (Å²) in [6, 6.07) is 0. The second-order valence-electron chi connectivity index (χ2n) is 4.69. The Kier molecular flexibility index (Phi) is 5.74. The summed E-state index contributed by atoms with van der Waals surface area (Å²) in [5.41, 5.74) is 0. The first kappa shape index (κ1) is 12.5. The molecule has 0 aromatic rings. The summed E-state index contributed by atoms with van der Waals surface area (Å²) < 4.78 is 0. The number of carbonyl (C=O) groups is 1. The van der Waals surface area contributed by atoms with E-state index in [9.17, 15) is 4.79 Å². The first-order valence-electron chi connectivity index (χ1n) is 6.27. The van der Waals surface area contributed by atoms with E-state index in [0.717, 1.165) is 32.1 Å². The van der Waals surface area contributed by atoms with Gasteiger partial charge in [-0.25, -0.2) is 0 Å². The van der Waals surface area contributed by atoms with Crippen LogP contribution in [0.2, 0.25) is 0 Å². The van der Waals surface area contributed by atoms with Crippen LogP contribution < -0.4 is 0 Å². The Bertz CT molecular complexity index is 189. The summed E-state index contributed by atoms with van der Waals surface area (Å²) >= 11 is 0. The topological polar surface area (TPSA) is 37.3 Å². The lowest BCUT2D eigenvalue weighted by atomic mass is 9.76. The van der Waals surface area contributed by atoms with Crippen LogP contribution in [0.1, 0.15) is 57.8 Å². The average molecular weight is 211 g/mol.